The number of carboxylic acids is 2. The quantitative estimate of drug-likeness (QED) is 0.529. The first-order valence-electron chi connectivity index (χ1n) is 11.2. The minimum Gasteiger partial charge on any atom is -0.475 e. The zero-order chi connectivity index (χ0) is 28.4. The molecule has 0 aliphatic carbocycles. The van der Waals surface area contributed by atoms with E-state index in [-0.39, 0.29) is 11.7 Å². The van der Waals surface area contributed by atoms with Crippen molar-refractivity contribution in [2.24, 2.45) is 0 Å². The van der Waals surface area contributed by atoms with E-state index in [0.717, 1.165) is 32.5 Å². The molecule has 2 atom stereocenters. The molecule has 210 valence electrons. The minimum atomic E-state index is -5.08. The highest BCUT2D eigenvalue weighted by molar-refractivity contribution is 5.73. The maximum Gasteiger partial charge on any atom is 0.490 e. The number of halogens is 6. The SMILES string of the molecule is O=C(O)C(F)(F)F.O=C(O)C(F)(F)F.c1ccc(CN2CC[C@]3(C[C@H](OCc4ccncc4)CO3)C2)cc1. The van der Waals surface area contributed by atoms with E-state index in [1.165, 1.54) is 11.1 Å². The van der Waals surface area contributed by atoms with Crippen LogP contribution in [-0.4, -0.2) is 75.8 Å². The van der Waals surface area contributed by atoms with Gasteiger partial charge < -0.3 is 19.7 Å². The van der Waals surface area contributed by atoms with Gasteiger partial charge in [-0.05, 0) is 29.7 Å². The summed E-state index contributed by atoms with van der Waals surface area (Å²) in [5.41, 5.74) is 2.54. The molecule has 0 bridgehead atoms. The Labute approximate surface area is 213 Å². The Bertz CT molecular complexity index is 999. The van der Waals surface area contributed by atoms with Gasteiger partial charge in [-0.3, -0.25) is 9.88 Å². The third-order valence-electron chi connectivity index (χ3n) is 5.54. The number of nitrogens with zero attached hydrogens (tertiary/aromatic N) is 2. The Balaban J connectivity index is 0.000000301. The van der Waals surface area contributed by atoms with E-state index in [2.05, 4.69) is 40.2 Å². The summed E-state index contributed by atoms with van der Waals surface area (Å²) in [6.45, 7) is 4.47. The minimum absolute atomic E-state index is 0.00229. The summed E-state index contributed by atoms with van der Waals surface area (Å²) in [6, 6.07) is 14.7. The van der Waals surface area contributed by atoms with Crippen LogP contribution in [0.2, 0.25) is 0 Å². The van der Waals surface area contributed by atoms with Crippen molar-refractivity contribution in [3.8, 4) is 0 Å². The average Bonchev–Trinajstić information content (AvgIpc) is 3.44. The van der Waals surface area contributed by atoms with Crippen LogP contribution < -0.4 is 0 Å². The molecular weight excluding hydrogens is 526 g/mol. The van der Waals surface area contributed by atoms with Crippen molar-refractivity contribution in [1.82, 2.24) is 9.88 Å². The molecule has 2 N–H and O–H groups in total. The number of likely N-dealkylation sites (tertiary alicyclic amines) is 1. The fraction of sp³-hybridized carbons (Fsp3) is 0.458. The molecule has 4 rings (SSSR count). The van der Waals surface area contributed by atoms with E-state index in [1.54, 1.807) is 0 Å². The first-order chi connectivity index (χ1) is 17.7. The van der Waals surface area contributed by atoms with Gasteiger partial charge in [0.25, 0.3) is 0 Å². The molecule has 38 heavy (non-hydrogen) atoms. The Hall–Kier alpha value is -3.23. The van der Waals surface area contributed by atoms with Gasteiger partial charge in [0.1, 0.15) is 0 Å². The zero-order valence-electron chi connectivity index (χ0n) is 19.9. The Morgan fingerprint density at radius 1 is 0.974 bits per heavy atom. The maximum atomic E-state index is 10.6. The van der Waals surface area contributed by atoms with E-state index in [1.807, 2.05) is 24.5 Å². The fourth-order valence-electron chi connectivity index (χ4n) is 3.79. The van der Waals surface area contributed by atoms with Crippen molar-refractivity contribution >= 4 is 11.9 Å². The summed E-state index contributed by atoms with van der Waals surface area (Å²) < 4.78 is 75.7. The molecule has 14 heteroatoms. The normalized spacial score (nSPS) is 21.3. The van der Waals surface area contributed by atoms with Crippen LogP contribution in [0.1, 0.15) is 24.0 Å². The van der Waals surface area contributed by atoms with Crippen molar-refractivity contribution in [2.45, 2.75) is 50.1 Å². The number of benzene rings is 1. The first kappa shape index (κ1) is 31.0. The number of carboxylic acid groups (broad SMARTS) is 2. The predicted molar refractivity (Wildman–Crippen MR) is 120 cm³/mol. The lowest BCUT2D eigenvalue weighted by Crippen LogP contribution is -2.32. The highest BCUT2D eigenvalue weighted by atomic mass is 19.4. The summed E-state index contributed by atoms with van der Waals surface area (Å²) in [5.74, 6) is -5.51. The number of aromatic nitrogens is 1. The lowest BCUT2D eigenvalue weighted by Gasteiger charge is -2.23. The smallest absolute Gasteiger partial charge is 0.475 e. The van der Waals surface area contributed by atoms with E-state index in [0.29, 0.717) is 13.2 Å². The third kappa shape index (κ3) is 10.6. The van der Waals surface area contributed by atoms with E-state index in [9.17, 15) is 26.3 Å². The molecular formula is C24H26F6N2O6. The Morgan fingerprint density at radius 3 is 2.05 bits per heavy atom. The molecule has 8 nitrogen and oxygen atoms in total. The highest BCUT2D eigenvalue weighted by Gasteiger charge is 2.45. The van der Waals surface area contributed by atoms with Crippen LogP contribution >= 0.6 is 0 Å². The summed E-state index contributed by atoms with van der Waals surface area (Å²) in [6.07, 6.45) is -4.24. The summed E-state index contributed by atoms with van der Waals surface area (Å²) in [5, 5.41) is 14.2. The number of rotatable bonds is 5. The van der Waals surface area contributed by atoms with Crippen LogP contribution in [0.5, 0.6) is 0 Å². The molecule has 1 aromatic heterocycles. The molecule has 1 spiro atoms. The van der Waals surface area contributed by atoms with Crippen molar-refractivity contribution in [3.63, 3.8) is 0 Å². The van der Waals surface area contributed by atoms with Gasteiger partial charge in [0, 0.05) is 38.4 Å². The molecule has 2 aromatic rings. The van der Waals surface area contributed by atoms with Crippen LogP contribution in [0, 0.1) is 0 Å². The number of pyridine rings is 1. The Morgan fingerprint density at radius 2 is 1.53 bits per heavy atom. The molecule has 0 radical (unpaired) electrons. The summed E-state index contributed by atoms with van der Waals surface area (Å²) in [7, 11) is 0. The molecule has 1 aromatic carbocycles. The van der Waals surface area contributed by atoms with Crippen molar-refractivity contribution in [3.05, 3.63) is 66.0 Å². The molecule has 3 heterocycles. The molecule has 0 unspecified atom stereocenters. The van der Waals surface area contributed by atoms with Crippen molar-refractivity contribution in [1.29, 1.82) is 0 Å². The van der Waals surface area contributed by atoms with Crippen LogP contribution in [0.15, 0.2) is 54.9 Å². The van der Waals surface area contributed by atoms with Gasteiger partial charge in [-0.1, -0.05) is 30.3 Å². The monoisotopic (exact) mass is 552 g/mol. The maximum absolute atomic E-state index is 10.6. The van der Waals surface area contributed by atoms with Crippen LogP contribution in [0.3, 0.4) is 0 Å². The van der Waals surface area contributed by atoms with Gasteiger partial charge in [-0.15, -0.1) is 0 Å². The standard InChI is InChI=1S/C20H24N2O2.2C2HF3O2/c1-2-4-17(5-3-1)13-22-11-8-20(16-22)12-19(15-24-20)23-14-18-6-9-21-10-7-18;2*3-2(4,5)1(6)7/h1-7,9-10,19H,8,11-16H2;2*(H,6,7)/t19-,20-;;/m0../s1. The molecule has 2 aliphatic rings. The second-order valence-electron chi connectivity index (χ2n) is 8.54. The number of aliphatic carboxylic acids is 2. The fourth-order valence-corrected chi connectivity index (χ4v) is 3.79. The van der Waals surface area contributed by atoms with Gasteiger partial charge in [0.2, 0.25) is 0 Å². The van der Waals surface area contributed by atoms with Crippen LogP contribution in [0.4, 0.5) is 26.3 Å². The summed E-state index contributed by atoms with van der Waals surface area (Å²) >= 11 is 0. The third-order valence-corrected chi connectivity index (χ3v) is 5.54. The number of ether oxygens (including phenoxy) is 2. The largest absolute Gasteiger partial charge is 0.490 e. The van der Waals surface area contributed by atoms with Crippen LogP contribution in [-0.2, 0) is 32.2 Å². The molecule has 2 fully saturated rings. The first-order valence-corrected chi connectivity index (χ1v) is 11.2. The van der Waals surface area contributed by atoms with Crippen LogP contribution in [0.25, 0.3) is 0 Å². The zero-order valence-corrected chi connectivity index (χ0v) is 19.9. The van der Waals surface area contributed by atoms with E-state index < -0.39 is 24.3 Å². The number of alkyl halides is 6. The van der Waals surface area contributed by atoms with Gasteiger partial charge in [0.15, 0.2) is 0 Å². The van der Waals surface area contributed by atoms with Gasteiger partial charge in [-0.2, -0.15) is 26.3 Å². The second-order valence-corrected chi connectivity index (χ2v) is 8.54. The predicted octanol–water partition coefficient (Wildman–Crippen LogP) is 4.30. The van der Waals surface area contributed by atoms with E-state index in [4.69, 9.17) is 29.3 Å². The second kappa shape index (κ2) is 13.5. The molecule has 2 saturated heterocycles. The molecule has 2 aliphatic heterocycles. The van der Waals surface area contributed by atoms with Crippen molar-refractivity contribution < 1.29 is 55.6 Å². The van der Waals surface area contributed by atoms with E-state index >= 15 is 0 Å². The number of hydrogen-bond donors (Lipinski definition) is 2. The highest BCUT2D eigenvalue weighted by Crippen LogP contribution is 2.37. The van der Waals surface area contributed by atoms with Gasteiger partial charge in [-0.25, -0.2) is 9.59 Å². The van der Waals surface area contributed by atoms with Crippen molar-refractivity contribution in [2.75, 3.05) is 19.7 Å². The average molecular weight is 552 g/mol. The number of hydrogen-bond acceptors (Lipinski definition) is 6. The Kier molecular flexibility index (Phi) is 11.0. The number of carbonyl (C=O) groups is 2. The van der Waals surface area contributed by atoms with Gasteiger partial charge in [0.05, 0.1) is 24.9 Å². The van der Waals surface area contributed by atoms with Gasteiger partial charge >= 0.3 is 24.3 Å². The lowest BCUT2D eigenvalue weighted by molar-refractivity contribution is -0.193. The molecule has 0 amide bonds. The summed E-state index contributed by atoms with van der Waals surface area (Å²) in [4.78, 5) is 24.3. The topological polar surface area (TPSA) is 109 Å². The molecule has 0 saturated carbocycles. The lowest BCUT2D eigenvalue weighted by atomic mass is 9.98.